The van der Waals surface area contributed by atoms with Crippen molar-refractivity contribution in [3.05, 3.63) is 59.7 Å². The molecule has 0 aliphatic rings. The minimum absolute atomic E-state index is 0.0803. The molecule has 2 aromatic rings. The highest BCUT2D eigenvalue weighted by Gasteiger charge is 2.20. The second-order valence-electron chi connectivity index (χ2n) is 4.03. The van der Waals surface area contributed by atoms with Gasteiger partial charge >= 0.3 is 10.5 Å². The van der Waals surface area contributed by atoms with E-state index >= 15 is 0 Å². The van der Waals surface area contributed by atoms with E-state index in [1.165, 1.54) is 19.2 Å². The van der Waals surface area contributed by atoms with E-state index in [0.717, 1.165) is 6.07 Å². The van der Waals surface area contributed by atoms with Crippen molar-refractivity contribution in [1.29, 1.82) is 0 Å². The molecule has 7 heteroatoms. The lowest BCUT2D eigenvalue weighted by molar-refractivity contribution is 0.103. The van der Waals surface area contributed by atoms with Gasteiger partial charge in [-0.3, -0.25) is 4.79 Å². The topological polar surface area (TPSA) is 69.7 Å². The molecule has 0 aliphatic carbocycles. The lowest BCUT2D eigenvalue weighted by atomic mass is 10.0. The van der Waals surface area contributed by atoms with E-state index in [-0.39, 0.29) is 11.3 Å². The zero-order chi connectivity index (χ0) is 15.5. The number of halogens is 1. The molecule has 0 radical (unpaired) electrons. The van der Waals surface area contributed by atoms with E-state index in [1.807, 2.05) is 0 Å². The Morgan fingerprint density at radius 1 is 1.10 bits per heavy atom. The molecule has 0 saturated carbocycles. The first kappa shape index (κ1) is 15.0. The summed E-state index contributed by atoms with van der Waals surface area (Å²) < 4.78 is 43.2. The van der Waals surface area contributed by atoms with Gasteiger partial charge in [0.15, 0.2) is 11.5 Å². The van der Waals surface area contributed by atoms with Crippen LogP contribution >= 0.6 is 0 Å². The largest absolute Gasteiger partial charge is 0.497 e. The Bertz CT molecular complexity index is 756. The summed E-state index contributed by atoms with van der Waals surface area (Å²) in [7, 11) is -3.90. The van der Waals surface area contributed by atoms with Gasteiger partial charge in [-0.05, 0) is 12.1 Å². The van der Waals surface area contributed by atoms with Crippen LogP contribution < -0.4 is 8.92 Å². The average Bonchev–Trinajstić information content (AvgIpc) is 2.45. The fourth-order valence-corrected chi connectivity index (χ4v) is 2.09. The quantitative estimate of drug-likeness (QED) is 0.627. The molecule has 0 heterocycles. The lowest BCUT2D eigenvalue weighted by Gasteiger charge is -2.09. The number of carbonyl (C=O) groups excluding carboxylic acids is 1. The molecular formula is C14H11FO5S. The SMILES string of the molecule is COc1ccc(C(=O)c2ccccc2)c(OS(=O)(=O)F)c1. The van der Waals surface area contributed by atoms with E-state index in [0.29, 0.717) is 5.56 Å². The summed E-state index contributed by atoms with van der Waals surface area (Å²) in [6.45, 7) is 0. The van der Waals surface area contributed by atoms with Crippen molar-refractivity contribution < 1.29 is 26.0 Å². The van der Waals surface area contributed by atoms with Crippen molar-refractivity contribution in [2.75, 3.05) is 7.11 Å². The van der Waals surface area contributed by atoms with Crippen molar-refractivity contribution in [3.63, 3.8) is 0 Å². The molecule has 0 saturated heterocycles. The standard InChI is InChI=1S/C14H11FO5S/c1-19-11-7-8-12(13(9-11)20-21(15,17)18)14(16)10-5-3-2-4-6-10/h2-9H,1H3. The molecule has 0 atom stereocenters. The average molecular weight is 310 g/mol. The number of hydrogen-bond donors (Lipinski definition) is 0. The summed E-state index contributed by atoms with van der Waals surface area (Å²) >= 11 is 0. The van der Waals surface area contributed by atoms with Crippen LogP contribution in [0.5, 0.6) is 11.5 Å². The van der Waals surface area contributed by atoms with E-state index in [9.17, 15) is 17.1 Å². The molecule has 110 valence electrons. The Morgan fingerprint density at radius 3 is 2.33 bits per heavy atom. The number of rotatable bonds is 5. The van der Waals surface area contributed by atoms with Gasteiger partial charge in [-0.1, -0.05) is 34.2 Å². The minimum Gasteiger partial charge on any atom is -0.497 e. The smallest absolute Gasteiger partial charge is 0.488 e. The molecule has 0 aliphatic heterocycles. The Kier molecular flexibility index (Phi) is 4.23. The van der Waals surface area contributed by atoms with Crippen LogP contribution in [-0.2, 0) is 10.5 Å². The summed E-state index contributed by atoms with van der Waals surface area (Å²) in [5.74, 6) is -0.680. The first-order chi connectivity index (χ1) is 9.90. The summed E-state index contributed by atoms with van der Waals surface area (Å²) in [4.78, 5) is 12.3. The predicted molar refractivity (Wildman–Crippen MR) is 73.5 cm³/mol. The molecule has 0 unspecified atom stereocenters. The predicted octanol–water partition coefficient (Wildman–Crippen LogP) is 2.52. The maximum atomic E-state index is 12.8. The van der Waals surface area contributed by atoms with Crippen molar-refractivity contribution in [3.8, 4) is 11.5 Å². The highest BCUT2D eigenvalue weighted by atomic mass is 32.3. The zero-order valence-corrected chi connectivity index (χ0v) is 11.8. The number of methoxy groups -OCH3 is 1. The zero-order valence-electron chi connectivity index (χ0n) is 10.9. The Labute approximate surface area is 121 Å². The van der Waals surface area contributed by atoms with Crippen LogP contribution in [0, 0.1) is 0 Å². The molecule has 0 aromatic heterocycles. The van der Waals surface area contributed by atoms with E-state index in [2.05, 4.69) is 4.18 Å². The molecule has 0 bridgehead atoms. The van der Waals surface area contributed by atoms with E-state index in [1.54, 1.807) is 30.3 Å². The van der Waals surface area contributed by atoms with E-state index in [4.69, 9.17) is 4.74 Å². The van der Waals surface area contributed by atoms with Crippen molar-refractivity contribution >= 4 is 16.3 Å². The highest BCUT2D eigenvalue weighted by molar-refractivity contribution is 7.81. The second-order valence-corrected chi connectivity index (χ2v) is 4.99. The molecule has 0 N–H and O–H groups in total. The number of hydrogen-bond acceptors (Lipinski definition) is 5. The van der Waals surface area contributed by atoms with Crippen LogP contribution in [0.2, 0.25) is 0 Å². The number of ketones is 1. The molecule has 0 fully saturated rings. The Hall–Kier alpha value is -2.41. The summed E-state index contributed by atoms with van der Waals surface area (Å²) in [5.41, 5.74) is 0.243. The molecule has 0 spiro atoms. The van der Waals surface area contributed by atoms with Crippen LogP contribution in [0.4, 0.5) is 3.89 Å². The van der Waals surface area contributed by atoms with E-state index < -0.39 is 22.0 Å². The first-order valence-corrected chi connectivity index (χ1v) is 7.13. The molecule has 2 rings (SSSR count). The highest BCUT2D eigenvalue weighted by Crippen LogP contribution is 2.28. The molecule has 5 nitrogen and oxygen atoms in total. The number of carbonyl (C=O) groups is 1. The number of ether oxygens (including phenoxy) is 1. The third-order valence-electron chi connectivity index (χ3n) is 2.66. The normalized spacial score (nSPS) is 11.0. The van der Waals surface area contributed by atoms with Gasteiger partial charge in [0.2, 0.25) is 0 Å². The molecule has 0 amide bonds. The lowest BCUT2D eigenvalue weighted by Crippen LogP contribution is -2.08. The van der Waals surface area contributed by atoms with Gasteiger partial charge in [-0.15, -0.1) is 0 Å². The van der Waals surface area contributed by atoms with Crippen molar-refractivity contribution in [2.45, 2.75) is 0 Å². The third-order valence-corrected chi connectivity index (χ3v) is 3.04. The van der Waals surface area contributed by atoms with Gasteiger partial charge < -0.3 is 8.92 Å². The van der Waals surface area contributed by atoms with Gasteiger partial charge in [0.25, 0.3) is 0 Å². The van der Waals surface area contributed by atoms with Crippen LogP contribution in [0.25, 0.3) is 0 Å². The molecule has 2 aromatic carbocycles. The third kappa shape index (κ3) is 3.79. The maximum absolute atomic E-state index is 12.8. The van der Waals surface area contributed by atoms with Crippen LogP contribution in [-0.4, -0.2) is 21.3 Å². The van der Waals surface area contributed by atoms with Gasteiger partial charge in [-0.2, -0.15) is 8.42 Å². The molecular weight excluding hydrogens is 299 g/mol. The second kappa shape index (κ2) is 5.92. The summed E-state index contributed by atoms with van der Waals surface area (Å²) in [6.07, 6.45) is 0. The Morgan fingerprint density at radius 2 is 1.76 bits per heavy atom. The number of benzene rings is 2. The van der Waals surface area contributed by atoms with Gasteiger partial charge in [0.05, 0.1) is 12.7 Å². The molecule has 21 heavy (non-hydrogen) atoms. The Balaban J connectivity index is 2.50. The van der Waals surface area contributed by atoms with Gasteiger partial charge in [0, 0.05) is 11.6 Å². The van der Waals surface area contributed by atoms with Crippen molar-refractivity contribution in [1.82, 2.24) is 0 Å². The van der Waals surface area contributed by atoms with Crippen LogP contribution in [0.15, 0.2) is 48.5 Å². The fraction of sp³-hybridized carbons (Fsp3) is 0.0714. The van der Waals surface area contributed by atoms with Gasteiger partial charge in [-0.25, -0.2) is 0 Å². The minimum atomic E-state index is -5.25. The summed E-state index contributed by atoms with van der Waals surface area (Å²) in [6, 6.07) is 12.1. The van der Waals surface area contributed by atoms with Crippen molar-refractivity contribution in [2.24, 2.45) is 0 Å². The van der Waals surface area contributed by atoms with Crippen LogP contribution in [0.1, 0.15) is 15.9 Å². The first-order valence-electron chi connectivity index (χ1n) is 5.82. The maximum Gasteiger partial charge on any atom is 0.488 e. The monoisotopic (exact) mass is 310 g/mol. The van der Waals surface area contributed by atoms with Crippen LogP contribution in [0.3, 0.4) is 0 Å². The fourth-order valence-electron chi connectivity index (χ4n) is 1.74. The summed E-state index contributed by atoms with van der Waals surface area (Å²) in [5, 5.41) is 0. The van der Waals surface area contributed by atoms with Gasteiger partial charge in [0.1, 0.15) is 5.75 Å².